The van der Waals surface area contributed by atoms with Gasteiger partial charge in [-0.3, -0.25) is 4.79 Å². The zero-order chi connectivity index (χ0) is 15.6. The summed E-state index contributed by atoms with van der Waals surface area (Å²) >= 11 is 11.9. The molecule has 4 nitrogen and oxygen atoms in total. The molecule has 2 rings (SSSR count). The number of carbonyl (C=O) groups excluding carboxylic acids is 1. The fraction of sp³-hybridized carbons (Fsp3) is 0.533. The molecule has 124 valence electrons. The molecule has 22 heavy (non-hydrogen) atoms. The predicted molar refractivity (Wildman–Crippen MR) is 92.2 cm³/mol. The van der Waals surface area contributed by atoms with Crippen LogP contribution in [0.2, 0.25) is 10.0 Å². The zero-order valence-corrected chi connectivity index (χ0v) is 15.0. The molecule has 0 saturated carbocycles. The Kier molecular flexibility index (Phi) is 6.81. The Morgan fingerprint density at radius 3 is 2.73 bits per heavy atom. The third kappa shape index (κ3) is 4.42. The van der Waals surface area contributed by atoms with Gasteiger partial charge in [0, 0.05) is 18.1 Å². The highest BCUT2D eigenvalue weighted by atomic mass is 35.5. The van der Waals surface area contributed by atoms with Gasteiger partial charge >= 0.3 is 0 Å². The number of nitrogens with two attached hydrogens (primary N) is 1. The van der Waals surface area contributed by atoms with Crippen molar-refractivity contribution in [2.24, 2.45) is 11.1 Å². The lowest BCUT2D eigenvalue weighted by molar-refractivity contribution is -0.137. The first kappa shape index (κ1) is 19.4. The van der Waals surface area contributed by atoms with Crippen molar-refractivity contribution in [3.63, 3.8) is 0 Å². The van der Waals surface area contributed by atoms with E-state index in [1.54, 1.807) is 30.0 Å². The number of hydrogen-bond donors (Lipinski definition) is 1. The van der Waals surface area contributed by atoms with E-state index in [4.69, 9.17) is 33.7 Å². The number of benzene rings is 1. The number of amides is 1. The van der Waals surface area contributed by atoms with E-state index < -0.39 is 6.10 Å². The summed E-state index contributed by atoms with van der Waals surface area (Å²) < 4.78 is 5.66. The van der Waals surface area contributed by atoms with Gasteiger partial charge in [-0.1, -0.05) is 30.1 Å². The van der Waals surface area contributed by atoms with E-state index in [0.29, 0.717) is 35.4 Å². The van der Waals surface area contributed by atoms with Crippen LogP contribution in [0.4, 0.5) is 0 Å². The normalized spacial score (nSPS) is 22.1. The van der Waals surface area contributed by atoms with Crippen LogP contribution in [0.3, 0.4) is 0 Å². The van der Waals surface area contributed by atoms with Crippen LogP contribution in [0.25, 0.3) is 0 Å². The van der Waals surface area contributed by atoms with E-state index in [9.17, 15) is 4.79 Å². The summed E-state index contributed by atoms with van der Waals surface area (Å²) in [4.78, 5) is 14.2. The highest BCUT2D eigenvalue weighted by molar-refractivity contribution is 6.35. The molecule has 1 aromatic carbocycles. The molecule has 7 heteroatoms. The first-order chi connectivity index (χ1) is 9.84. The molecule has 0 bridgehead atoms. The Balaban J connectivity index is 0.00000242. The molecule has 2 unspecified atom stereocenters. The highest BCUT2D eigenvalue weighted by Crippen LogP contribution is 2.31. The topological polar surface area (TPSA) is 55.6 Å². The van der Waals surface area contributed by atoms with Gasteiger partial charge in [0.15, 0.2) is 6.10 Å². The van der Waals surface area contributed by atoms with Crippen molar-refractivity contribution in [1.82, 2.24) is 4.90 Å². The molecule has 0 spiro atoms. The lowest BCUT2D eigenvalue weighted by Crippen LogP contribution is -2.41. The molecule has 1 aliphatic rings. The maximum atomic E-state index is 12.4. The molecule has 2 atom stereocenters. The summed E-state index contributed by atoms with van der Waals surface area (Å²) in [6.45, 7) is 5.79. The van der Waals surface area contributed by atoms with Crippen molar-refractivity contribution >= 4 is 41.5 Å². The number of halogens is 3. The third-order valence-electron chi connectivity index (χ3n) is 3.91. The highest BCUT2D eigenvalue weighted by Gasteiger charge is 2.36. The van der Waals surface area contributed by atoms with Crippen molar-refractivity contribution < 1.29 is 9.53 Å². The van der Waals surface area contributed by atoms with Crippen LogP contribution in [0.15, 0.2) is 18.2 Å². The van der Waals surface area contributed by atoms with E-state index >= 15 is 0 Å². The third-order valence-corrected chi connectivity index (χ3v) is 4.44. The number of likely N-dealkylation sites (tertiary alicyclic amines) is 1. The van der Waals surface area contributed by atoms with Crippen molar-refractivity contribution in [2.45, 2.75) is 26.4 Å². The summed E-state index contributed by atoms with van der Waals surface area (Å²) in [5.41, 5.74) is 5.77. The largest absolute Gasteiger partial charge is 0.479 e. The van der Waals surface area contributed by atoms with E-state index in [-0.39, 0.29) is 23.7 Å². The van der Waals surface area contributed by atoms with Crippen LogP contribution in [0.5, 0.6) is 5.75 Å². The molecule has 1 aromatic rings. The Morgan fingerprint density at radius 2 is 2.18 bits per heavy atom. The summed E-state index contributed by atoms with van der Waals surface area (Å²) in [7, 11) is 0. The molecule has 1 heterocycles. The predicted octanol–water partition coefficient (Wildman–Crippen LogP) is 3.38. The maximum absolute atomic E-state index is 12.4. The summed E-state index contributed by atoms with van der Waals surface area (Å²) in [6.07, 6.45) is 0.327. The molecule has 1 fully saturated rings. The number of rotatable bonds is 4. The molecule has 1 saturated heterocycles. The van der Waals surface area contributed by atoms with Crippen LogP contribution < -0.4 is 10.5 Å². The Morgan fingerprint density at radius 1 is 1.50 bits per heavy atom. The first-order valence-corrected chi connectivity index (χ1v) is 7.71. The number of carbonyl (C=O) groups is 1. The quantitative estimate of drug-likeness (QED) is 0.887. The van der Waals surface area contributed by atoms with E-state index in [1.165, 1.54) is 0 Å². The Labute approximate surface area is 147 Å². The molecule has 0 radical (unpaired) electrons. The number of hydrogen-bond acceptors (Lipinski definition) is 3. The summed E-state index contributed by atoms with van der Waals surface area (Å²) in [6, 6.07) is 4.95. The standard InChI is InChI=1S/C15H20Cl2N2O2.ClH/c1-10(21-13-4-3-11(16)7-12(13)17)14(20)19-6-5-15(2,8-18)9-19;/h3-4,7,10H,5-6,8-9,18H2,1-2H3;1H. The van der Waals surface area contributed by atoms with Crippen molar-refractivity contribution in [3.8, 4) is 5.75 Å². The average Bonchev–Trinajstić information content (AvgIpc) is 2.84. The maximum Gasteiger partial charge on any atom is 0.263 e. The minimum absolute atomic E-state index is 0. The van der Waals surface area contributed by atoms with Gasteiger partial charge in [0.2, 0.25) is 0 Å². The van der Waals surface area contributed by atoms with Gasteiger partial charge in [0.1, 0.15) is 5.75 Å². The van der Waals surface area contributed by atoms with Gasteiger partial charge in [0.25, 0.3) is 5.91 Å². The average molecular weight is 368 g/mol. The van der Waals surface area contributed by atoms with E-state index in [1.807, 2.05) is 0 Å². The minimum Gasteiger partial charge on any atom is -0.479 e. The van der Waals surface area contributed by atoms with E-state index in [2.05, 4.69) is 6.92 Å². The Bertz CT molecular complexity index is 542. The second-order valence-corrected chi connectivity index (χ2v) is 6.70. The number of ether oxygens (including phenoxy) is 1. The molecule has 0 aromatic heterocycles. The van der Waals surface area contributed by atoms with Gasteiger partial charge in [-0.15, -0.1) is 12.4 Å². The smallest absolute Gasteiger partial charge is 0.263 e. The fourth-order valence-electron chi connectivity index (χ4n) is 2.45. The van der Waals surface area contributed by atoms with Gasteiger partial charge in [-0.2, -0.15) is 0 Å². The number of nitrogens with zero attached hydrogens (tertiary/aromatic N) is 1. The van der Waals surface area contributed by atoms with Crippen LogP contribution >= 0.6 is 35.6 Å². The van der Waals surface area contributed by atoms with Crippen LogP contribution in [0, 0.1) is 5.41 Å². The van der Waals surface area contributed by atoms with Crippen LogP contribution in [-0.2, 0) is 4.79 Å². The van der Waals surface area contributed by atoms with Crippen molar-refractivity contribution in [3.05, 3.63) is 28.2 Å². The van der Waals surface area contributed by atoms with Gasteiger partial charge in [0.05, 0.1) is 5.02 Å². The van der Waals surface area contributed by atoms with E-state index in [0.717, 1.165) is 6.42 Å². The van der Waals surface area contributed by atoms with Crippen molar-refractivity contribution in [2.75, 3.05) is 19.6 Å². The Hall–Kier alpha value is -0.680. The summed E-state index contributed by atoms with van der Waals surface area (Å²) in [5.74, 6) is 0.417. The molecule has 2 N–H and O–H groups in total. The van der Waals surface area contributed by atoms with Gasteiger partial charge < -0.3 is 15.4 Å². The van der Waals surface area contributed by atoms with Crippen LogP contribution in [0.1, 0.15) is 20.3 Å². The molecular weight excluding hydrogens is 347 g/mol. The molecule has 1 aliphatic heterocycles. The monoisotopic (exact) mass is 366 g/mol. The summed E-state index contributed by atoms with van der Waals surface area (Å²) in [5, 5.41) is 0.931. The lowest BCUT2D eigenvalue weighted by atomic mass is 9.90. The lowest BCUT2D eigenvalue weighted by Gasteiger charge is -2.25. The van der Waals surface area contributed by atoms with Crippen molar-refractivity contribution in [1.29, 1.82) is 0 Å². The minimum atomic E-state index is -0.594. The molecule has 0 aliphatic carbocycles. The zero-order valence-electron chi connectivity index (χ0n) is 12.6. The SMILES string of the molecule is CC(Oc1ccc(Cl)cc1Cl)C(=O)N1CCC(C)(CN)C1.Cl. The molecular formula is C15H21Cl3N2O2. The second kappa shape index (κ2) is 7.73. The van der Waals surface area contributed by atoms with Gasteiger partial charge in [-0.05, 0) is 43.5 Å². The first-order valence-electron chi connectivity index (χ1n) is 6.95. The molecule has 1 amide bonds. The second-order valence-electron chi connectivity index (χ2n) is 5.86. The van der Waals surface area contributed by atoms with Gasteiger partial charge in [-0.25, -0.2) is 0 Å². The fourth-order valence-corrected chi connectivity index (χ4v) is 2.90. The van der Waals surface area contributed by atoms with Crippen LogP contribution in [-0.4, -0.2) is 36.5 Å².